The van der Waals surface area contributed by atoms with Gasteiger partial charge in [-0.1, -0.05) is 65.0 Å². The normalized spacial score (nSPS) is 16.7. The van der Waals surface area contributed by atoms with Crippen LogP contribution in [0.2, 0.25) is 0 Å². The van der Waals surface area contributed by atoms with Crippen molar-refractivity contribution < 1.29 is 19.2 Å². The molecule has 1 aliphatic heterocycles. The van der Waals surface area contributed by atoms with Crippen molar-refractivity contribution in [2.75, 3.05) is 26.7 Å². The van der Waals surface area contributed by atoms with E-state index in [9.17, 15) is 14.4 Å². The SMILES string of the molecule is CNC(=O)[C@@H](NC(=O)C(CC(C)C)[C@@H](CCCN1CCCC1)C(=O)NOCc1ccccc1)C(C)(C)C. The first-order valence-electron chi connectivity index (χ1n) is 13.7. The van der Waals surface area contributed by atoms with Gasteiger partial charge in [-0.2, -0.15) is 0 Å². The molecule has 1 heterocycles. The molecule has 208 valence electrons. The van der Waals surface area contributed by atoms with Crippen LogP contribution >= 0.6 is 0 Å². The molecule has 1 aliphatic rings. The van der Waals surface area contributed by atoms with Crippen molar-refractivity contribution in [1.29, 1.82) is 0 Å². The fourth-order valence-electron chi connectivity index (χ4n) is 4.93. The maximum Gasteiger partial charge on any atom is 0.247 e. The minimum absolute atomic E-state index is 0.197. The summed E-state index contributed by atoms with van der Waals surface area (Å²) in [5, 5.41) is 5.64. The summed E-state index contributed by atoms with van der Waals surface area (Å²) >= 11 is 0. The van der Waals surface area contributed by atoms with E-state index in [0.29, 0.717) is 12.8 Å². The van der Waals surface area contributed by atoms with E-state index in [2.05, 4.69) is 21.0 Å². The summed E-state index contributed by atoms with van der Waals surface area (Å²) in [7, 11) is 1.57. The molecule has 3 atom stereocenters. The first-order chi connectivity index (χ1) is 17.5. The third kappa shape index (κ3) is 10.4. The van der Waals surface area contributed by atoms with E-state index in [4.69, 9.17) is 4.84 Å². The van der Waals surface area contributed by atoms with Gasteiger partial charge in [-0.05, 0) is 68.6 Å². The van der Waals surface area contributed by atoms with Crippen LogP contribution in [0.15, 0.2) is 30.3 Å². The number of nitrogens with one attached hydrogen (secondary N) is 3. The fourth-order valence-corrected chi connectivity index (χ4v) is 4.93. The summed E-state index contributed by atoms with van der Waals surface area (Å²) in [6, 6.07) is 8.92. The van der Waals surface area contributed by atoms with Crippen LogP contribution in [0.4, 0.5) is 0 Å². The van der Waals surface area contributed by atoms with Gasteiger partial charge in [0.15, 0.2) is 0 Å². The second-order valence-electron chi connectivity index (χ2n) is 11.7. The van der Waals surface area contributed by atoms with E-state index < -0.39 is 23.3 Å². The molecule has 8 nitrogen and oxygen atoms in total. The number of rotatable bonds is 14. The lowest BCUT2D eigenvalue weighted by Crippen LogP contribution is -2.55. The van der Waals surface area contributed by atoms with Crippen molar-refractivity contribution in [2.24, 2.45) is 23.2 Å². The largest absolute Gasteiger partial charge is 0.357 e. The van der Waals surface area contributed by atoms with E-state index in [1.807, 2.05) is 65.0 Å². The number of nitrogens with zero attached hydrogens (tertiary/aromatic N) is 1. The van der Waals surface area contributed by atoms with Crippen molar-refractivity contribution in [2.45, 2.75) is 79.4 Å². The van der Waals surface area contributed by atoms with Gasteiger partial charge in [0.2, 0.25) is 17.7 Å². The minimum Gasteiger partial charge on any atom is -0.357 e. The molecule has 0 bridgehead atoms. The van der Waals surface area contributed by atoms with Crippen molar-refractivity contribution in [1.82, 2.24) is 21.0 Å². The number of carbonyl (C=O) groups excluding carboxylic acids is 3. The summed E-state index contributed by atoms with van der Waals surface area (Å²) < 4.78 is 0. The maximum atomic E-state index is 13.7. The minimum atomic E-state index is -0.706. The Hall–Kier alpha value is -2.45. The van der Waals surface area contributed by atoms with Crippen LogP contribution in [0.3, 0.4) is 0 Å². The summed E-state index contributed by atoms with van der Waals surface area (Å²) in [5.74, 6) is -1.74. The van der Waals surface area contributed by atoms with Gasteiger partial charge in [0.1, 0.15) is 6.04 Å². The van der Waals surface area contributed by atoms with Gasteiger partial charge in [0.25, 0.3) is 0 Å². The van der Waals surface area contributed by atoms with Crippen LogP contribution in [0.25, 0.3) is 0 Å². The lowest BCUT2D eigenvalue weighted by Gasteiger charge is -2.33. The monoisotopic (exact) mass is 516 g/mol. The average molecular weight is 517 g/mol. The Balaban J connectivity index is 2.19. The standard InChI is InChI=1S/C29H48N4O4/c1-21(2)19-24(26(34)31-25(28(36)30-6)29(3,4)5)23(15-12-18-33-16-10-11-17-33)27(35)32-37-20-22-13-8-7-9-14-22/h7-9,13-14,21,23-25H,10-12,15-20H2,1-6H3,(H,30,36)(H,31,34)(H,32,35)/t23-,24?,25-/m1/s1. The number of hydrogen-bond acceptors (Lipinski definition) is 5. The van der Waals surface area contributed by atoms with Crippen molar-refractivity contribution in [3.8, 4) is 0 Å². The van der Waals surface area contributed by atoms with Gasteiger partial charge in [-0.15, -0.1) is 0 Å². The van der Waals surface area contributed by atoms with Gasteiger partial charge >= 0.3 is 0 Å². The number of hydrogen-bond donors (Lipinski definition) is 3. The molecular formula is C29H48N4O4. The number of benzene rings is 1. The Labute approximate surface area is 223 Å². The molecule has 1 saturated heterocycles. The average Bonchev–Trinajstić information content (AvgIpc) is 3.36. The first kappa shape index (κ1) is 30.8. The molecule has 1 unspecified atom stereocenters. The zero-order valence-electron chi connectivity index (χ0n) is 23.6. The van der Waals surface area contributed by atoms with Crippen LogP contribution in [0.1, 0.15) is 72.3 Å². The molecule has 3 N–H and O–H groups in total. The van der Waals surface area contributed by atoms with Gasteiger partial charge in [-0.3, -0.25) is 19.2 Å². The van der Waals surface area contributed by atoms with Crippen LogP contribution in [0.5, 0.6) is 0 Å². The molecule has 1 aromatic rings. The predicted molar refractivity (Wildman–Crippen MR) is 146 cm³/mol. The highest BCUT2D eigenvalue weighted by Crippen LogP contribution is 2.28. The second-order valence-corrected chi connectivity index (χ2v) is 11.7. The number of likely N-dealkylation sites (N-methyl/N-ethyl adjacent to an activating group) is 1. The van der Waals surface area contributed by atoms with Crippen LogP contribution < -0.4 is 16.1 Å². The van der Waals surface area contributed by atoms with E-state index in [1.54, 1.807) is 7.05 Å². The van der Waals surface area contributed by atoms with Gasteiger partial charge in [-0.25, -0.2) is 5.48 Å². The Morgan fingerprint density at radius 3 is 2.19 bits per heavy atom. The summed E-state index contributed by atoms with van der Waals surface area (Å²) in [6.07, 6.45) is 4.35. The molecule has 2 rings (SSSR count). The maximum absolute atomic E-state index is 13.7. The van der Waals surface area contributed by atoms with E-state index >= 15 is 0 Å². The number of carbonyl (C=O) groups is 3. The molecule has 1 fully saturated rings. The van der Waals surface area contributed by atoms with E-state index in [-0.39, 0.29) is 30.2 Å². The molecule has 0 saturated carbocycles. The Bertz CT molecular complexity index is 847. The quantitative estimate of drug-likeness (QED) is 0.328. The van der Waals surface area contributed by atoms with Crippen molar-refractivity contribution in [3.05, 3.63) is 35.9 Å². The summed E-state index contributed by atoms with van der Waals surface area (Å²) in [5.41, 5.74) is 3.09. The third-order valence-electron chi connectivity index (χ3n) is 6.99. The first-order valence-corrected chi connectivity index (χ1v) is 13.7. The highest BCUT2D eigenvalue weighted by Gasteiger charge is 2.38. The molecule has 37 heavy (non-hydrogen) atoms. The zero-order chi connectivity index (χ0) is 27.4. The van der Waals surface area contributed by atoms with Crippen molar-refractivity contribution in [3.63, 3.8) is 0 Å². The Kier molecular flexibility index (Phi) is 12.5. The van der Waals surface area contributed by atoms with Gasteiger partial charge in [0, 0.05) is 13.0 Å². The van der Waals surface area contributed by atoms with Gasteiger partial charge < -0.3 is 15.5 Å². The smallest absolute Gasteiger partial charge is 0.247 e. The zero-order valence-corrected chi connectivity index (χ0v) is 23.6. The molecule has 8 heteroatoms. The van der Waals surface area contributed by atoms with E-state index in [1.165, 1.54) is 12.8 Å². The molecule has 1 aromatic carbocycles. The van der Waals surface area contributed by atoms with Gasteiger partial charge in [0.05, 0.1) is 12.5 Å². The number of amides is 3. The van der Waals surface area contributed by atoms with Crippen LogP contribution in [0, 0.1) is 23.2 Å². The van der Waals surface area contributed by atoms with Crippen LogP contribution in [-0.4, -0.2) is 55.3 Å². The topological polar surface area (TPSA) is 99.8 Å². The Morgan fingerprint density at radius 2 is 1.62 bits per heavy atom. The molecular weight excluding hydrogens is 468 g/mol. The fraction of sp³-hybridized carbons (Fsp3) is 0.690. The lowest BCUT2D eigenvalue weighted by molar-refractivity contribution is -0.146. The van der Waals surface area contributed by atoms with E-state index in [0.717, 1.165) is 31.6 Å². The van der Waals surface area contributed by atoms with Crippen molar-refractivity contribution >= 4 is 17.7 Å². The van der Waals surface area contributed by atoms with Crippen LogP contribution in [-0.2, 0) is 25.8 Å². The summed E-state index contributed by atoms with van der Waals surface area (Å²) in [4.78, 5) is 47.7. The second kappa shape index (κ2) is 15.1. The summed E-state index contributed by atoms with van der Waals surface area (Å²) in [6.45, 7) is 13.2. The molecule has 3 amide bonds. The highest BCUT2D eigenvalue weighted by molar-refractivity contribution is 5.91. The number of likely N-dealkylation sites (tertiary alicyclic amines) is 1. The Morgan fingerprint density at radius 1 is 0.973 bits per heavy atom. The molecule has 0 radical (unpaired) electrons. The third-order valence-corrected chi connectivity index (χ3v) is 6.99. The predicted octanol–water partition coefficient (Wildman–Crippen LogP) is 3.67. The molecule has 0 aliphatic carbocycles. The lowest BCUT2D eigenvalue weighted by atomic mass is 9.80. The number of hydroxylamine groups is 1. The highest BCUT2D eigenvalue weighted by atomic mass is 16.6. The molecule has 0 aromatic heterocycles. The molecule has 0 spiro atoms.